The van der Waals surface area contributed by atoms with Gasteiger partial charge in [-0.3, -0.25) is 4.79 Å². The van der Waals surface area contributed by atoms with Gasteiger partial charge in [0.2, 0.25) is 10.0 Å². The van der Waals surface area contributed by atoms with Crippen molar-refractivity contribution in [3.05, 3.63) is 59.2 Å². The second-order valence-corrected chi connectivity index (χ2v) is 9.08. The second kappa shape index (κ2) is 6.53. The highest BCUT2D eigenvalue weighted by atomic mass is 32.2. The molecule has 0 unspecified atom stereocenters. The highest BCUT2D eigenvalue weighted by molar-refractivity contribution is 7.89. The lowest BCUT2D eigenvalue weighted by atomic mass is 9.86. The van der Waals surface area contributed by atoms with Gasteiger partial charge in [0.15, 0.2) is 0 Å². The fourth-order valence-corrected chi connectivity index (χ4v) is 4.26. The SMILES string of the molecule is CC1(C)OC(=O)C(c2ccc3c(c2)CCC(=O)O3)=C1c1ccc(S(N)(=O)=O)cc1. The number of esters is 2. The van der Waals surface area contributed by atoms with Gasteiger partial charge >= 0.3 is 11.9 Å². The number of primary sulfonamides is 1. The Morgan fingerprint density at radius 1 is 0.966 bits per heavy atom. The molecular weight excluding hydrogens is 394 g/mol. The average molecular weight is 413 g/mol. The first-order valence-electron chi connectivity index (χ1n) is 9.01. The predicted octanol–water partition coefficient (Wildman–Crippen LogP) is 2.43. The number of carbonyl (C=O) groups excluding carboxylic acids is 2. The molecule has 0 amide bonds. The van der Waals surface area contributed by atoms with Crippen LogP contribution in [-0.4, -0.2) is 26.0 Å². The van der Waals surface area contributed by atoms with Crippen LogP contribution in [0, 0.1) is 0 Å². The van der Waals surface area contributed by atoms with Crippen molar-refractivity contribution >= 4 is 33.1 Å². The van der Waals surface area contributed by atoms with Crippen molar-refractivity contribution in [2.45, 2.75) is 37.2 Å². The molecule has 2 aromatic carbocycles. The summed E-state index contributed by atoms with van der Waals surface area (Å²) in [6, 6.07) is 11.3. The number of benzene rings is 2. The van der Waals surface area contributed by atoms with Crippen LogP contribution in [0.3, 0.4) is 0 Å². The summed E-state index contributed by atoms with van der Waals surface area (Å²) < 4.78 is 33.9. The first kappa shape index (κ1) is 19.4. The van der Waals surface area contributed by atoms with Crippen molar-refractivity contribution in [2.24, 2.45) is 5.14 Å². The molecule has 2 heterocycles. The van der Waals surface area contributed by atoms with E-state index in [4.69, 9.17) is 14.6 Å². The summed E-state index contributed by atoms with van der Waals surface area (Å²) in [4.78, 5) is 24.2. The molecule has 0 saturated heterocycles. The van der Waals surface area contributed by atoms with Crippen molar-refractivity contribution in [1.29, 1.82) is 0 Å². The topological polar surface area (TPSA) is 113 Å². The van der Waals surface area contributed by atoms with E-state index in [1.165, 1.54) is 12.1 Å². The van der Waals surface area contributed by atoms with Crippen LogP contribution < -0.4 is 9.88 Å². The van der Waals surface area contributed by atoms with Crippen LogP contribution in [0.1, 0.15) is 37.0 Å². The molecule has 0 fully saturated rings. The summed E-state index contributed by atoms with van der Waals surface area (Å²) >= 11 is 0. The smallest absolute Gasteiger partial charge is 0.340 e. The Labute approximate surface area is 168 Å². The standard InChI is InChI=1S/C21H19NO6S/c1-21(2)19(12-3-7-15(8-4-12)29(22,25)26)18(20(24)28-21)14-5-9-16-13(11-14)6-10-17(23)27-16/h3-5,7-9,11H,6,10H2,1-2H3,(H2,22,25,26). The molecule has 0 atom stereocenters. The molecule has 0 bridgehead atoms. The molecule has 0 aromatic heterocycles. The lowest BCUT2D eigenvalue weighted by Gasteiger charge is -2.22. The number of carbonyl (C=O) groups is 2. The van der Waals surface area contributed by atoms with E-state index in [2.05, 4.69) is 0 Å². The number of fused-ring (bicyclic) bond motifs is 1. The monoisotopic (exact) mass is 413 g/mol. The molecule has 2 aromatic rings. The maximum Gasteiger partial charge on any atom is 0.340 e. The summed E-state index contributed by atoms with van der Waals surface area (Å²) in [6.07, 6.45) is 0.819. The Balaban J connectivity index is 1.86. The lowest BCUT2D eigenvalue weighted by molar-refractivity contribution is -0.142. The number of sulfonamides is 1. The highest BCUT2D eigenvalue weighted by Gasteiger charge is 2.41. The molecular formula is C21H19NO6S. The number of cyclic esters (lactones) is 1. The third-order valence-corrected chi connectivity index (χ3v) is 5.98. The van der Waals surface area contributed by atoms with Crippen molar-refractivity contribution in [3.8, 4) is 5.75 Å². The summed E-state index contributed by atoms with van der Waals surface area (Å²) in [5.41, 5.74) is 2.30. The fourth-order valence-electron chi connectivity index (χ4n) is 3.74. The Kier molecular flexibility index (Phi) is 4.36. The zero-order valence-electron chi connectivity index (χ0n) is 15.9. The number of nitrogens with two attached hydrogens (primary N) is 1. The summed E-state index contributed by atoms with van der Waals surface area (Å²) in [6.45, 7) is 3.56. The van der Waals surface area contributed by atoms with E-state index < -0.39 is 21.6 Å². The summed E-state index contributed by atoms with van der Waals surface area (Å²) in [5, 5.41) is 5.17. The van der Waals surface area contributed by atoms with E-state index in [-0.39, 0.29) is 17.3 Å². The van der Waals surface area contributed by atoms with Gasteiger partial charge in [-0.25, -0.2) is 18.4 Å². The molecule has 4 rings (SSSR count). The van der Waals surface area contributed by atoms with Gasteiger partial charge in [-0.2, -0.15) is 0 Å². The summed E-state index contributed by atoms with van der Waals surface area (Å²) in [5.74, 6) is -0.245. The van der Waals surface area contributed by atoms with Crippen molar-refractivity contribution < 1.29 is 27.5 Å². The number of rotatable bonds is 3. The van der Waals surface area contributed by atoms with Gasteiger partial charge in [-0.15, -0.1) is 0 Å². The summed E-state index contributed by atoms with van der Waals surface area (Å²) in [7, 11) is -3.82. The van der Waals surface area contributed by atoms with E-state index in [1.807, 2.05) is 6.07 Å². The minimum absolute atomic E-state index is 0.0120. The zero-order valence-corrected chi connectivity index (χ0v) is 16.7. The number of hydrogen-bond donors (Lipinski definition) is 1. The normalized spacial score (nSPS) is 18.3. The van der Waals surface area contributed by atoms with Crippen LogP contribution in [-0.2, 0) is 30.8 Å². The molecule has 150 valence electrons. The van der Waals surface area contributed by atoms with Crippen molar-refractivity contribution in [3.63, 3.8) is 0 Å². The fraction of sp³-hybridized carbons (Fsp3) is 0.238. The maximum atomic E-state index is 12.7. The number of hydrogen-bond acceptors (Lipinski definition) is 6. The molecule has 0 aliphatic carbocycles. The Hall–Kier alpha value is -2.97. The molecule has 2 N–H and O–H groups in total. The Bertz CT molecular complexity index is 1180. The largest absolute Gasteiger partial charge is 0.451 e. The lowest BCUT2D eigenvalue weighted by Crippen LogP contribution is -2.22. The van der Waals surface area contributed by atoms with Crippen LogP contribution in [0.4, 0.5) is 0 Å². The second-order valence-electron chi connectivity index (χ2n) is 7.52. The van der Waals surface area contributed by atoms with Crippen LogP contribution in [0.15, 0.2) is 47.4 Å². The first-order chi connectivity index (χ1) is 13.6. The van der Waals surface area contributed by atoms with Crippen LogP contribution >= 0.6 is 0 Å². The van der Waals surface area contributed by atoms with Gasteiger partial charge in [0, 0.05) is 5.57 Å². The highest BCUT2D eigenvalue weighted by Crippen LogP contribution is 2.44. The third-order valence-electron chi connectivity index (χ3n) is 5.05. The van der Waals surface area contributed by atoms with Gasteiger partial charge in [0.25, 0.3) is 0 Å². The van der Waals surface area contributed by atoms with Gasteiger partial charge in [0.1, 0.15) is 11.4 Å². The molecule has 8 heteroatoms. The van der Waals surface area contributed by atoms with Gasteiger partial charge in [-0.05, 0) is 61.2 Å². The van der Waals surface area contributed by atoms with Gasteiger partial charge in [-0.1, -0.05) is 18.2 Å². The minimum Gasteiger partial charge on any atom is -0.451 e. The number of aryl methyl sites for hydroxylation is 1. The van der Waals surface area contributed by atoms with Crippen LogP contribution in [0.2, 0.25) is 0 Å². The van der Waals surface area contributed by atoms with E-state index in [1.54, 1.807) is 38.1 Å². The van der Waals surface area contributed by atoms with Gasteiger partial charge < -0.3 is 9.47 Å². The molecule has 29 heavy (non-hydrogen) atoms. The van der Waals surface area contributed by atoms with Crippen LogP contribution in [0.25, 0.3) is 11.1 Å². The predicted molar refractivity (Wildman–Crippen MR) is 105 cm³/mol. The van der Waals surface area contributed by atoms with E-state index >= 15 is 0 Å². The quantitative estimate of drug-likeness (QED) is 0.611. The Morgan fingerprint density at radius 2 is 1.62 bits per heavy atom. The molecule has 0 spiro atoms. The minimum atomic E-state index is -3.82. The third kappa shape index (κ3) is 3.45. The van der Waals surface area contributed by atoms with Crippen molar-refractivity contribution in [2.75, 3.05) is 0 Å². The van der Waals surface area contributed by atoms with Crippen LogP contribution in [0.5, 0.6) is 5.75 Å². The van der Waals surface area contributed by atoms with Gasteiger partial charge in [0.05, 0.1) is 16.9 Å². The molecule has 2 aliphatic heterocycles. The molecule has 7 nitrogen and oxygen atoms in total. The molecule has 2 aliphatic rings. The molecule has 0 saturated carbocycles. The average Bonchev–Trinajstić information content (AvgIpc) is 2.89. The number of ether oxygens (including phenoxy) is 2. The zero-order chi connectivity index (χ0) is 21.0. The Morgan fingerprint density at radius 3 is 2.28 bits per heavy atom. The van der Waals surface area contributed by atoms with E-state index in [0.29, 0.717) is 34.4 Å². The molecule has 0 radical (unpaired) electrons. The van der Waals surface area contributed by atoms with E-state index in [0.717, 1.165) is 5.56 Å². The maximum absolute atomic E-state index is 12.7. The van der Waals surface area contributed by atoms with Crippen molar-refractivity contribution in [1.82, 2.24) is 0 Å². The first-order valence-corrected chi connectivity index (χ1v) is 10.6. The van der Waals surface area contributed by atoms with E-state index in [9.17, 15) is 18.0 Å².